The maximum absolute atomic E-state index is 12.2. The molecule has 1 atom stereocenters. The van der Waals surface area contributed by atoms with E-state index in [9.17, 15) is 9.59 Å². The highest BCUT2D eigenvalue weighted by molar-refractivity contribution is 5.95. The van der Waals surface area contributed by atoms with E-state index in [1.807, 2.05) is 61.5 Å². The van der Waals surface area contributed by atoms with E-state index >= 15 is 0 Å². The number of rotatable bonds is 6. The molecule has 0 bridgehead atoms. The van der Waals surface area contributed by atoms with E-state index in [1.165, 1.54) is 0 Å². The molecule has 0 aliphatic rings. The first-order valence-corrected chi connectivity index (χ1v) is 9.67. The smallest absolute Gasteiger partial charge is 0.263 e. The number of nitrogens with zero attached hydrogens (tertiary/aromatic N) is 1. The first-order chi connectivity index (χ1) is 13.9. The Balaban J connectivity index is 1.84. The van der Waals surface area contributed by atoms with Crippen LogP contribution in [0.25, 0.3) is 21.9 Å². The maximum Gasteiger partial charge on any atom is 0.263 e. The number of hydrogen-bond donors (Lipinski definition) is 1. The Morgan fingerprint density at radius 3 is 2.17 bits per heavy atom. The molecular weight excluding hydrogens is 364 g/mol. The number of nitrogens with one attached hydrogen (secondary N) is 1. The van der Waals surface area contributed by atoms with Crippen molar-refractivity contribution in [1.82, 2.24) is 10.2 Å². The van der Waals surface area contributed by atoms with Gasteiger partial charge in [-0.05, 0) is 58.7 Å². The van der Waals surface area contributed by atoms with Crippen LogP contribution in [0.3, 0.4) is 0 Å². The van der Waals surface area contributed by atoms with Crippen molar-refractivity contribution in [3.8, 4) is 16.9 Å². The molecule has 1 N–H and O–H groups in total. The molecule has 0 heterocycles. The van der Waals surface area contributed by atoms with Crippen LogP contribution in [0.4, 0.5) is 0 Å². The third-order valence-electron chi connectivity index (χ3n) is 4.88. The lowest BCUT2D eigenvalue weighted by molar-refractivity contribution is -0.136. The standard InChI is InChI=1S/C24H26N2O3/c1-5-22(24(28)26(3)4)29-21-13-12-19-14-18(10-11-20(19)15-21)16-6-8-17(9-7-16)23(27)25-2/h6-15,22H,5H2,1-4H3,(H,25,27). The van der Waals surface area contributed by atoms with Gasteiger partial charge in [0, 0.05) is 26.7 Å². The Bertz CT molecular complexity index is 1030. The molecule has 0 saturated carbocycles. The third-order valence-corrected chi connectivity index (χ3v) is 4.88. The second kappa shape index (κ2) is 8.78. The van der Waals surface area contributed by atoms with Crippen molar-refractivity contribution in [2.45, 2.75) is 19.4 Å². The number of fused-ring (bicyclic) bond motifs is 1. The Labute approximate surface area is 171 Å². The van der Waals surface area contributed by atoms with Gasteiger partial charge in [-0.2, -0.15) is 0 Å². The fourth-order valence-corrected chi connectivity index (χ4v) is 3.20. The average Bonchev–Trinajstić information content (AvgIpc) is 2.76. The van der Waals surface area contributed by atoms with Gasteiger partial charge < -0.3 is 15.0 Å². The fourth-order valence-electron chi connectivity index (χ4n) is 3.20. The van der Waals surface area contributed by atoms with Crippen molar-refractivity contribution < 1.29 is 14.3 Å². The summed E-state index contributed by atoms with van der Waals surface area (Å²) in [5.41, 5.74) is 2.75. The lowest BCUT2D eigenvalue weighted by atomic mass is 10.00. The monoisotopic (exact) mass is 390 g/mol. The summed E-state index contributed by atoms with van der Waals surface area (Å²) in [5.74, 6) is 0.547. The minimum atomic E-state index is -0.486. The Morgan fingerprint density at radius 2 is 1.55 bits per heavy atom. The summed E-state index contributed by atoms with van der Waals surface area (Å²) >= 11 is 0. The van der Waals surface area contributed by atoms with E-state index in [-0.39, 0.29) is 11.8 Å². The van der Waals surface area contributed by atoms with Crippen molar-refractivity contribution in [1.29, 1.82) is 0 Å². The van der Waals surface area contributed by atoms with Gasteiger partial charge in [-0.15, -0.1) is 0 Å². The topological polar surface area (TPSA) is 58.6 Å². The van der Waals surface area contributed by atoms with Crippen LogP contribution in [0, 0.1) is 0 Å². The molecule has 0 spiro atoms. The van der Waals surface area contributed by atoms with Crippen LogP contribution < -0.4 is 10.1 Å². The minimum Gasteiger partial charge on any atom is -0.481 e. The summed E-state index contributed by atoms with van der Waals surface area (Å²) in [7, 11) is 5.09. The molecule has 3 aromatic rings. The lowest BCUT2D eigenvalue weighted by Crippen LogP contribution is -2.37. The molecule has 0 aliphatic heterocycles. The number of carbonyl (C=O) groups is 2. The molecule has 5 nitrogen and oxygen atoms in total. The summed E-state index contributed by atoms with van der Waals surface area (Å²) < 4.78 is 5.93. The van der Waals surface area contributed by atoms with E-state index < -0.39 is 6.10 Å². The van der Waals surface area contributed by atoms with Gasteiger partial charge in [-0.3, -0.25) is 9.59 Å². The molecule has 5 heteroatoms. The molecule has 3 rings (SSSR count). The first-order valence-electron chi connectivity index (χ1n) is 9.67. The van der Waals surface area contributed by atoms with Crippen LogP contribution in [0.1, 0.15) is 23.7 Å². The quantitative estimate of drug-likeness (QED) is 0.689. The van der Waals surface area contributed by atoms with Crippen LogP contribution in [-0.2, 0) is 4.79 Å². The van der Waals surface area contributed by atoms with Crippen LogP contribution in [0.2, 0.25) is 0 Å². The fraction of sp³-hybridized carbons (Fsp3) is 0.250. The Morgan fingerprint density at radius 1 is 0.931 bits per heavy atom. The molecule has 2 amide bonds. The maximum atomic E-state index is 12.2. The number of benzene rings is 3. The van der Waals surface area contributed by atoms with Gasteiger partial charge in [-0.25, -0.2) is 0 Å². The molecular formula is C24H26N2O3. The molecule has 29 heavy (non-hydrogen) atoms. The average molecular weight is 390 g/mol. The van der Waals surface area contributed by atoms with Gasteiger partial charge in [0.05, 0.1) is 0 Å². The highest BCUT2D eigenvalue weighted by atomic mass is 16.5. The van der Waals surface area contributed by atoms with Crippen molar-refractivity contribution in [3.05, 3.63) is 66.2 Å². The van der Waals surface area contributed by atoms with Crippen LogP contribution in [0.15, 0.2) is 60.7 Å². The van der Waals surface area contributed by atoms with Crippen LogP contribution in [-0.4, -0.2) is 44.0 Å². The normalized spacial score (nSPS) is 11.7. The van der Waals surface area contributed by atoms with Crippen molar-refractivity contribution in [2.75, 3.05) is 21.1 Å². The SMILES string of the molecule is CCC(Oc1ccc2cc(-c3ccc(C(=O)NC)cc3)ccc2c1)C(=O)N(C)C. The number of amides is 2. The van der Waals surface area contributed by atoms with Crippen molar-refractivity contribution in [2.24, 2.45) is 0 Å². The zero-order chi connectivity index (χ0) is 21.0. The highest BCUT2D eigenvalue weighted by Gasteiger charge is 2.20. The van der Waals surface area contributed by atoms with Crippen molar-refractivity contribution >= 4 is 22.6 Å². The molecule has 0 aliphatic carbocycles. The van der Waals surface area contributed by atoms with Crippen molar-refractivity contribution in [3.63, 3.8) is 0 Å². The Hall–Kier alpha value is -3.34. The summed E-state index contributed by atoms with van der Waals surface area (Å²) in [6, 6.07) is 19.6. The second-order valence-electron chi connectivity index (χ2n) is 7.13. The number of carbonyl (C=O) groups excluding carboxylic acids is 2. The molecule has 0 saturated heterocycles. The highest BCUT2D eigenvalue weighted by Crippen LogP contribution is 2.28. The Kier molecular flexibility index (Phi) is 6.17. The van der Waals surface area contributed by atoms with Crippen LogP contribution >= 0.6 is 0 Å². The van der Waals surface area contributed by atoms with Crippen LogP contribution in [0.5, 0.6) is 5.75 Å². The first kappa shape index (κ1) is 20.4. The largest absolute Gasteiger partial charge is 0.481 e. The number of ether oxygens (including phenoxy) is 1. The zero-order valence-corrected chi connectivity index (χ0v) is 17.2. The number of hydrogen-bond acceptors (Lipinski definition) is 3. The second-order valence-corrected chi connectivity index (χ2v) is 7.13. The van der Waals surface area contributed by atoms with E-state index in [2.05, 4.69) is 11.4 Å². The summed E-state index contributed by atoms with van der Waals surface area (Å²) in [4.78, 5) is 25.5. The molecule has 1 unspecified atom stereocenters. The molecule has 0 fully saturated rings. The molecule has 0 radical (unpaired) electrons. The van der Waals surface area contributed by atoms with Gasteiger partial charge in [-0.1, -0.05) is 37.3 Å². The number of likely N-dealkylation sites (N-methyl/N-ethyl adjacent to an activating group) is 1. The van der Waals surface area contributed by atoms with E-state index in [0.717, 1.165) is 21.9 Å². The predicted octanol–water partition coefficient (Wildman–Crippen LogP) is 4.11. The lowest BCUT2D eigenvalue weighted by Gasteiger charge is -2.20. The van der Waals surface area contributed by atoms with E-state index in [4.69, 9.17) is 4.74 Å². The van der Waals surface area contributed by atoms with Gasteiger partial charge in [0.15, 0.2) is 6.10 Å². The molecule has 3 aromatic carbocycles. The van der Waals surface area contributed by atoms with Gasteiger partial charge in [0.2, 0.25) is 0 Å². The summed E-state index contributed by atoms with van der Waals surface area (Å²) in [6.07, 6.45) is 0.126. The summed E-state index contributed by atoms with van der Waals surface area (Å²) in [5, 5.41) is 4.75. The third kappa shape index (κ3) is 4.57. The minimum absolute atomic E-state index is 0.0388. The molecule has 0 aromatic heterocycles. The predicted molar refractivity (Wildman–Crippen MR) is 116 cm³/mol. The van der Waals surface area contributed by atoms with Gasteiger partial charge >= 0.3 is 0 Å². The van der Waals surface area contributed by atoms with Gasteiger partial charge in [0.1, 0.15) is 5.75 Å². The molecule has 150 valence electrons. The summed E-state index contributed by atoms with van der Waals surface area (Å²) in [6.45, 7) is 1.94. The van der Waals surface area contributed by atoms with Gasteiger partial charge in [0.25, 0.3) is 11.8 Å². The zero-order valence-electron chi connectivity index (χ0n) is 17.2. The van der Waals surface area contributed by atoms with E-state index in [1.54, 1.807) is 26.0 Å². The van der Waals surface area contributed by atoms with E-state index in [0.29, 0.717) is 17.7 Å².